The van der Waals surface area contributed by atoms with Gasteiger partial charge in [-0.05, 0) is 39.9 Å². The first-order valence-corrected chi connectivity index (χ1v) is 5.46. The van der Waals surface area contributed by atoms with Crippen LogP contribution in [-0.2, 0) is 6.42 Å². The molecule has 0 saturated heterocycles. The summed E-state index contributed by atoms with van der Waals surface area (Å²) in [6, 6.07) is 10.8. The molecule has 0 bridgehead atoms. The summed E-state index contributed by atoms with van der Waals surface area (Å²) in [5.74, 6) is 0. The molecule has 0 fully saturated rings. The second-order valence-corrected chi connectivity index (χ2v) is 3.80. The minimum atomic E-state index is 1.10. The average molecular weight is 188 g/mol. The van der Waals surface area contributed by atoms with Crippen molar-refractivity contribution in [3.63, 3.8) is 0 Å². The van der Waals surface area contributed by atoms with Gasteiger partial charge in [0.15, 0.2) is 0 Å². The highest BCUT2D eigenvalue weighted by Crippen LogP contribution is 2.25. The van der Waals surface area contributed by atoms with Crippen LogP contribution in [0.25, 0.3) is 11.1 Å². The van der Waals surface area contributed by atoms with Gasteiger partial charge in [0, 0.05) is 0 Å². The number of hydrogen-bond donors (Lipinski definition) is 0. The van der Waals surface area contributed by atoms with Crippen molar-refractivity contribution in [2.75, 3.05) is 0 Å². The molecule has 0 aliphatic carbocycles. The van der Waals surface area contributed by atoms with Gasteiger partial charge in [-0.2, -0.15) is 11.3 Å². The molecule has 0 spiro atoms. The van der Waals surface area contributed by atoms with Crippen molar-refractivity contribution >= 4 is 11.3 Å². The number of hydrogen-bond acceptors (Lipinski definition) is 1. The van der Waals surface area contributed by atoms with Crippen molar-refractivity contribution in [3.05, 3.63) is 46.7 Å². The van der Waals surface area contributed by atoms with Gasteiger partial charge in [0.25, 0.3) is 0 Å². The summed E-state index contributed by atoms with van der Waals surface area (Å²) in [5.41, 5.74) is 4.16. The third kappa shape index (κ3) is 1.65. The summed E-state index contributed by atoms with van der Waals surface area (Å²) >= 11 is 1.75. The predicted molar refractivity (Wildman–Crippen MR) is 59.1 cm³/mol. The fraction of sp³-hybridized carbons (Fsp3) is 0.167. The van der Waals surface area contributed by atoms with Crippen LogP contribution < -0.4 is 0 Å². The quantitative estimate of drug-likeness (QED) is 0.668. The summed E-state index contributed by atoms with van der Waals surface area (Å²) in [5, 5.41) is 4.33. The van der Waals surface area contributed by atoms with Crippen LogP contribution in [0, 0.1) is 0 Å². The number of rotatable bonds is 2. The van der Waals surface area contributed by atoms with Crippen molar-refractivity contribution in [2.24, 2.45) is 0 Å². The molecule has 0 atom stereocenters. The van der Waals surface area contributed by atoms with Gasteiger partial charge in [0.2, 0.25) is 0 Å². The van der Waals surface area contributed by atoms with E-state index in [1.807, 2.05) is 0 Å². The smallest absolute Gasteiger partial charge is 0.00146 e. The van der Waals surface area contributed by atoms with Crippen molar-refractivity contribution in [2.45, 2.75) is 13.3 Å². The lowest BCUT2D eigenvalue weighted by atomic mass is 10.0. The number of benzene rings is 1. The van der Waals surface area contributed by atoms with Gasteiger partial charge in [0.05, 0.1) is 0 Å². The third-order valence-corrected chi connectivity index (χ3v) is 2.91. The van der Waals surface area contributed by atoms with Crippen LogP contribution in [0.5, 0.6) is 0 Å². The fourth-order valence-corrected chi connectivity index (χ4v) is 2.18. The molecule has 0 radical (unpaired) electrons. The van der Waals surface area contributed by atoms with Gasteiger partial charge in [-0.3, -0.25) is 0 Å². The molecule has 1 aromatic carbocycles. The van der Waals surface area contributed by atoms with E-state index in [0.29, 0.717) is 0 Å². The van der Waals surface area contributed by atoms with E-state index in [9.17, 15) is 0 Å². The molecule has 13 heavy (non-hydrogen) atoms. The third-order valence-electron chi connectivity index (χ3n) is 2.23. The predicted octanol–water partition coefficient (Wildman–Crippen LogP) is 3.98. The molecule has 0 unspecified atom stereocenters. The standard InChI is InChI=1S/C12H12S/c1-2-10-5-3-4-6-12(10)11-7-8-13-9-11/h3-9H,2H2,1H3. The topological polar surface area (TPSA) is 0 Å². The van der Waals surface area contributed by atoms with E-state index in [1.54, 1.807) is 11.3 Å². The van der Waals surface area contributed by atoms with Crippen LogP contribution in [0.2, 0.25) is 0 Å². The summed E-state index contributed by atoms with van der Waals surface area (Å²) in [4.78, 5) is 0. The maximum Gasteiger partial charge on any atom is -0.00146 e. The summed E-state index contributed by atoms with van der Waals surface area (Å²) in [7, 11) is 0. The molecular weight excluding hydrogens is 176 g/mol. The maximum atomic E-state index is 2.20. The first-order valence-electron chi connectivity index (χ1n) is 4.52. The highest BCUT2D eigenvalue weighted by atomic mass is 32.1. The van der Waals surface area contributed by atoms with E-state index in [-0.39, 0.29) is 0 Å². The number of aryl methyl sites for hydroxylation is 1. The Morgan fingerprint density at radius 1 is 1.15 bits per heavy atom. The van der Waals surface area contributed by atoms with E-state index in [4.69, 9.17) is 0 Å². The van der Waals surface area contributed by atoms with E-state index in [2.05, 4.69) is 48.0 Å². The molecule has 0 amide bonds. The Kier molecular flexibility index (Phi) is 2.46. The Bertz CT molecular complexity index is 374. The van der Waals surface area contributed by atoms with Crippen molar-refractivity contribution in [1.82, 2.24) is 0 Å². The Morgan fingerprint density at radius 3 is 2.69 bits per heavy atom. The Balaban J connectivity index is 2.51. The summed E-state index contributed by atoms with van der Waals surface area (Å²) < 4.78 is 0. The van der Waals surface area contributed by atoms with E-state index in [0.717, 1.165) is 6.42 Å². The Hall–Kier alpha value is -1.08. The van der Waals surface area contributed by atoms with E-state index < -0.39 is 0 Å². The molecule has 0 aliphatic rings. The van der Waals surface area contributed by atoms with E-state index in [1.165, 1.54) is 16.7 Å². The van der Waals surface area contributed by atoms with Crippen molar-refractivity contribution in [3.8, 4) is 11.1 Å². The first kappa shape index (κ1) is 8.52. The molecule has 2 rings (SSSR count). The van der Waals surface area contributed by atoms with Crippen LogP contribution in [-0.4, -0.2) is 0 Å². The highest BCUT2D eigenvalue weighted by molar-refractivity contribution is 7.08. The summed E-state index contributed by atoms with van der Waals surface area (Å²) in [6.07, 6.45) is 1.10. The lowest BCUT2D eigenvalue weighted by molar-refractivity contribution is 1.14. The van der Waals surface area contributed by atoms with Gasteiger partial charge in [-0.15, -0.1) is 0 Å². The van der Waals surface area contributed by atoms with Crippen molar-refractivity contribution < 1.29 is 0 Å². The fourth-order valence-electron chi connectivity index (χ4n) is 1.53. The normalized spacial score (nSPS) is 10.2. The minimum absolute atomic E-state index is 1.10. The molecule has 0 saturated carbocycles. The van der Waals surface area contributed by atoms with Gasteiger partial charge in [-0.25, -0.2) is 0 Å². The minimum Gasteiger partial charge on any atom is -0.152 e. The Morgan fingerprint density at radius 2 is 2.00 bits per heavy atom. The molecule has 0 aliphatic heterocycles. The summed E-state index contributed by atoms with van der Waals surface area (Å²) in [6.45, 7) is 2.20. The van der Waals surface area contributed by atoms with Crippen LogP contribution in [0.3, 0.4) is 0 Å². The molecule has 66 valence electrons. The largest absolute Gasteiger partial charge is 0.152 e. The zero-order valence-electron chi connectivity index (χ0n) is 7.66. The lowest BCUT2D eigenvalue weighted by Gasteiger charge is -2.04. The van der Waals surface area contributed by atoms with Gasteiger partial charge >= 0.3 is 0 Å². The molecule has 2 aromatic rings. The van der Waals surface area contributed by atoms with Gasteiger partial charge in [-0.1, -0.05) is 31.2 Å². The van der Waals surface area contributed by atoms with Crippen LogP contribution in [0.1, 0.15) is 12.5 Å². The zero-order valence-corrected chi connectivity index (χ0v) is 8.47. The van der Waals surface area contributed by atoms with E-state index >= 15 is 0 Å². The molecular formula is C12H12S. The molecule has 1 heterocycles. The monoisotopic (exact) mass is 188 g/mol. The Labute approximate surface area is 82.9 Å². The SMILES string of the molecule is CCc1ccccc1-c1ccsc1. The molecule has 1 heteroatoms. The highest BCUT2D eigenvalue weighted by Gasteiger charge is 2.01. The zero-order chi connectivity index (χ0) is 9.10. The first-order chi connectivity index (χ1) is 6.42. The van der Waals surface area contributed by atoms with Crippen LogP contribution in [0.4, 0.5) is 0 Å². The lowest BCUT2D eigenvalue weighted by Crippen LogP contribution is -1.84. The van der Waals surface area contributed by atoms with Gasteiger partial charge < -0.3 is 0 Å². The molecule has 0 N–H and O–H groups in total. The molecule has 1 aromatic heterocycles. The molecule has 0 nitrogen and oxygen atoms in total. The van der Waals surface area contributed by atoms with Crippen molar-refractivity contribution in [1.29, 1.82) is 0 Å². The average Bonchev–Trinajstić information content (AvgIpc) is 2.70. The second kappa shape index (κ2) is 3.75. The second-order valence-electron chi connectivity index (χ2n) is 3.02. The number of thiophene rings is 1. The van der Waals surface area contributed by atoms with Crippen LogP contribution >= 0.6 is 11.3 Å². The maximum absolute atomic E-state index is 2.20. The van der Waals surface area contributed by atoms with Crippen LogP contribution in [0.15, 0.2) is 41.1 Å². The van der Waals surface area contributed by atoms with Gasteiger partial charge in [0.1, 0.15) is 0 Å².